The molecule has 2 aromatic heterocycles. The Morgan fingerprint density at radius 3 is 2.73 bits per heavy atom. The van der Waals surface area contributed by atoms with Crippen LogP contribution in [-0.2, 0) is 10.2 Å². The number of alkyl halides is 1. The molecule has 3 aromatic rings. The van der Waals surface area contributed by atoms with E-state index in [1.807, 2.05) is 4.72 Å². The number of aromatic nitrogens is 2. The summed E-state index contributed by atoms with van der Waals surface area (Å²) >= 11 is 5.87. The van der Waals surface area contributed by atoms with Crippen LogP contribution in [0.25, 0.3) is 10.9 Å². The highest BCUT2D eigenvalue weighted by atomic mass is 35.5. The largest absolute Gasteiger partial charge is 0.486 e. The zero-order valence-electron chi connectivity index (χ0n) is 12.9. The van der Waals surface area contributed by atoms with Gasteiger partial charge in [-0.25, -0.2) is 17.5 Å². The van der Waals surface area contributed by atoms with Crippen LogP contribution >= 0.6 is 11.6 Å². The first-order valence-electron chi connectivity index (χ1n) is 7.16. The molecule has 3 rings (SSSR count). The first-order valence-corrected chi connectivity index (χ1v) is 8.98. The molecule has 26 heavy (non-hydrogen) atoms. The van der Waals surface area contributed by atoms with Crippen LogP contribution in [0.4, 0.5) is 19.0 Å². The number of anilines is 1. The van der Waals surface area contributed by atoms with E-state index in [0.29, 0.717) is 16.5 Å². The van der Waals surface area contributed by atoms with Gasteiger partial charge in [-0.3, -0.25) is 0 Å². The Hall–Kier alpha value is -2.46. The molecule has 0 aliphatic carbocycles. The number of ether oxygens (including phenoxy) is 1. The number of benzene rings is 1. The maximum absolute atomic E-state index is 14.0. The van der Waals surface area contributed by atoms with Crippen molar-refractivity contribution in [2.24, 2.45) is 0 Å². The summed E-state index contributed by atoms with van der Waals surface area (Å²) < 4.78 is 72.2. The summed E-state index contributed by atoms with van der Waals surface area (Å²) in [7, 11) is -4.34. The fourth-order valence-corrected chi connectivity index (χ4v) is 3.52. The van der Waals surface area contributed by atoms with Gasteiger partial charge >= 0.3 is 10.2 Å². The lowest BCUT2D eigenvalue weighted by molar-refractivity contribution is 0.258. The number of nitrogens with zero attached hydrogens (tertiary/aromatic N) is 2. The Bertz CT molecular complexity index is 1070. The maximum atomic E-state index is 14.0. The third kappa shape index (κ3) is 3.56. The maximum Gasteiger partial charge on any atom is 0.329 e. The molecule has 0 saturated carbocycles. The van der Waals surface area contributed by atoms with Crippen molar-refractivity contribution in [1.29, 1.82) is 0 Å². The minimum atomic E-state index is -4.34. The molecule has 0 atom stereocenters. The summed E-state index contributed by atoms with van der Waals surface area (Å²) in [6.45, 7) is -1.39. The molecule has 0 aliphatic heterocycles. The average Bonchev–Trinajstić information content (AvgIpc) is 3.00. The SMILES string of the molecule is O=S(=O)(Nc1nc(F)c(OCCF)cc1F)n1ccc2ccc(Cl)cc21. The molecule has 0 spiro atoms. The van der Waals surface area contributed by atoms with Gasteiger partial charge in [-0.1, -0.05) is 17.7 Å². The van der Waals surface area contributed by atoms with Gasteiger partial charge in [0, 0.05) is 22.7 Å². The molecule has 2 heterocycles. The van der Waals surface area contributed by atoms with Gasteiger partial charge < -0.3 is 4.74 Å². The second kappa shape index (κ2) is 7.04. The van der Waals surface area contributed by atoms with Gasteiger partial charge in [-0.05, 0) is 18.2 Å². The first kappa shape index (κ1) is 18.3. The van der Waals surface area contributed by atoms with Crippen LogP contribution < -0.4 is 9.46 Å². The molecular weight excluding hydrogens is 395 g/mol. The number of hydrogen-bond acceptors (Lipinski definition) is 4. The van der Waals surface area contributed by atoms with Crippen molar-refractivity contribution in [2.75, 3.05) is 18.0 Å². The minimum Gasteiger partial charge on any atom is -0.486 e. The smallest absolute Gasteiger partial charge is 0.329 e. The summed E-state index contributed by atoms with van der Waals surface area (Å²) in [5.74, 6) is -3.95. The lowest BCUT2D eigenvalue weighted by Gasteiger charge is -2.12. The molecule has 0 aliphatic rings. The molecule has 1 N–H and O–H groups in total. The number of rotatable bonds is 6. The van der Waals surface area contributed by atoms with E-state index >= 15 is 0 Å². The van der Waals surface area contributed by atoms with Crippen LogP contribution in [0.2, 0.25) is 5.02 Å². The van der Waals surface area contributed by atoms with Crippen molar-refractivity contribution in [1.82, 2.24) is 8.96 Å². The molecule has 11 heteroatoms. The van der Waals surface area contributed by atoms with Crippen molar-refractivity contribution in [3.8, 4) is 5.75 Å². The number of nitrogens with one attached hydrogen (secondary N) is 1. The second-order valence-electron chi connectivity index (χ2n) is 5.07. The molecular formula is C15H11ClF3N3O3S. The monoisotopic (exact) mass is 405 g/mol. The third-order valence-corrected chi connectivity index (χ3v) is 4.86. The number of fused-ring (bicyclic) bond motifs is 1. The standard InChI is InChI=1S/C15H11ClF3N3O3S/c16-10-2-1-9-3-5-22(12(9)7-10)26(23,24)21-15-11(18)8-13(14(19)20-15)25-6-4-17/h1-3,5,7-8H,4,6H2,(H,20,21). The number of pyridine rings is 1. The van der Waals surface area contributed by atoms with E-state index in [-0.39, 0.29) is 5.52 Å². The predicted octanol–water partition coefficient (Wildman–Crippen LogP) is 3.52. The van der Waals surface area contributed by atoms with Crippen LogP contribution in [0.15, 0.2) is 36.5 Å². The zero-order chi connectivity index (χ0) is 18.9. The fourth-order valence-electron chi connectivity index (χ4n) is 2.23. The van der Waals surface area contributed by atoms with E-state index in [0.717, 1.165) is 3.97 Å². The average molecular weight is 406 g/mol. The highest BCUT2D eigenvalue weighted by Crippen LogP contribution is 2.25. The van der Waals surface area contributed by atoms with E-state index in [4.69, 9.17) is 11.6 Å². The normalized spacial score (nSPS) is 11.7. The summed E-state index contributed by atoms with van der Waals surface area (Å²) in [6.07, 6.45) is 1.23. The highest BCUT2D eigenvalue weighted by molar-refractivity contribution is 7.91. The fraction of sp³-hybridized carbons (Fsp3) is 0.133. The Kier molecular flexibility index (Phi) is 4.97. The van der Waals surface area contributed by atoms with Gasteiger partial charge in [0.1, 0.15) is 13.3 Å². The summed E-state index contributed by atoms with van der Waals surface area (Å²) in [5.41, 5.74) is 0.244. The van der Waals surface area contributed by atoms with E-state index in [9.17, 15) is 21.6 Å². The van der Waals surface area contributed by atoms with Crippen LogP contribution in [-0.4, -0.2) is 30.7 Å². The van der Waals surface area contributed by atoms with Crippen molar-refractivity contribution >= 4 is 38.5 Å². The second-order valence-corrected chi connectivity index (χ2v) is 7.05. The molecule has 0 bridgehead atoms. The Morgan fingerprint density at radius 2 is 2.00 bits per heavy atom. The van der Waals surface area contributed by atoms with E-state index in [1.54, 1.807) is 12.1 Å². The van der Waals surface area contributed by atoms with E-state index in [1.165, 1.54) is 18.3 Å². The van der Waals surface area contributed by atoms with Gasteiger partial charge in [0.15, 0.2) is 17.4 Å². The number of halogens is 4. The zero-order valence-corrected chi connectivity index (χ0v) is 14.5. The van der Waals surface area contributed by atoms with Crippen molar-refractivity contribution in [2.45, 2.75) is 0 Å². The molecule has 1 aromatic carbocycles. The lowest BCUT2D eigenvalue weighted by Crippen LogP contribution is -2.22. The Labute approximate surface area is 151 Å². The van der Waals surface area contributed by atoms with Crippen molar-refractivity contribution < 1.29 is 26.3 Å². The lowest BCUT2D eigenvalue weighted by atomic mass is 10.2. The molecule has 6 nitrogen and oxygen atoms in total. The molecule has 0 saturated heterocycles. The van der Waals surface area contributed by atoms with Gasteiger partial charge in [0.05, 0.1) is 5.52 Å². The minimum absolute atomic E-state index is 0.244. The summed E-state index contributed by atoms with van der Waals surface area (Å²) in [4.78, 5) is 3.20. The summed E-state index contributed by atoms with van der Waals surface area (Å²) in [5, 5.41) is 0.881. The van der Waals surface area contributed by atoms with Gasteiger partial charge in [0.25, 0.3) is 5.95 Å². The van der Waals surface area contributed by atoms with Crippen molar-refractivity contribution in [3.05, 3.63) is 53.3 Å². The van der Waals surface area contributed by atoms with Crippen LogP contribution in [0, 0.1) is 11.8 Å². The molecule has 0 radical (unpaired) electrons. The predicted molar refractivity (Wildman–Crippen MR) is 90.5 cm³/mol. The van der Waals surface area contributed by atoms with Crippen LogP contribution in [0.3, 0.4) is 0 Å². The van der Waals surface area contributed by atoms with Gasteiger partial charge in [-0.15, -0.1) is 0 Å². The quantitative estimate of drug-likeness (QED) is 0.637. The molecule has 0 unspecified atom stereocenters. The van der Waals surface area contributed by atoms with Crippen LogP contribution in [0.5, 0.6) is 5.75 Å². The van der Waals surface area contributed by atoms with E-state index < -0.39 is 46.8 Å². The first-order chi connectivity index (χ1) is 12.3. The van der Waals surface area contributed by atoms with E-state index in [2.05, 4.69) is 9.72 Å². The number of hydrogen-bond donors (Lipinski definition) is 1. The van der Waals surface area contributed by atoms with Crippen LogP contribution in [0.1, 0.15) is 0 Å². The van der Waals surface area contributed by atoms with Crippen molar-refractivity contribution in [3.63, 3.8) is 0 Å². The Balaban J connectivity index is 1.96. The third-order valence-electron chi connectivity index (χ3n) is 3.34. The topological polar surface area (TPSA) is 73.2 Å². The van der Waals surface area contributed by atoms with Gasteiger partial charge in [0.2, 0.25) is 0 Å². The molecule has 0 fully saturated rings. The summed E-state index contributed by atoms with van der Waals surface area (Å²) in [6, 6.07) is 6.71. The highest BCUT2D eigenvalue weighted by Gasteiger charge is 2.21. The Morgan fingerprint density at radius 1 is 1.23 bits per heavy atom. The van der Waals surface area contributed by atoms with Gasteiger partial charge in [-0.2, -0.15) is 17.8 Å². The molecule has 138 valence electrons. The molecule has 0 amide bonds.